The lowest BCUT2D eigenvalue weighted by atomic mass is 10.1. The van der Waals surface area contributed by atoms with Gasteiger partial charge in [0.05, 0.1) is 20.3 Å². The van der Waals surface area contributed by atoms with Crippen LogP contribution < -0.4 is 14.8 Å². The van der Waals surface area contributed by atoms with Gasteiger partial charge in [0.1, 0.15) is 17.3 Å². The Morgan fingerprint density at radius 3 is 2.32 bits per heavy atom. The fraction of sp³-hybridized carbons (Fsp3) is 0.294. The lowest BCUT2D eigenvalue weighted by Gasteiger charge is -2.14. The number of aliphatic hydroxyl groups is 1. The molecule has 0 bridgehead atoms. The lowest BCUT2D eigenvalue weighted by molar-refractivity contribution is 0.169. The standard InChI is InChI=1S/C17H20FNO3/c1-21-13-7-12(8-14(9-13)22-2)10-19-11-17(20)15-5-3-4-6-16(15)18/h3-9,17,19-20H,10-11H2,1-2H3. The summed E-state index contributed by atoms with van der Waals surface area (Å²) in [6, 6.07) is 11.8. The molecule has 0 aromatic heterocycles. The summed E-state index contributed by atoms with van der Waals surface area (Å²) in [7, 11) is 3.18. The van der Waals surface area contributed by atoms with Crippen molar-refractivity contribution in [3.05, 3.63) is 59.4 Å². The number of benzene rings is 2. The largest absolute Gasteiger partial charge is 0.497 e. The Morgan fingerprint density at radius 1 is 1.09 bits per heavy atom. The molecule has 4 nitrogen and oxygen atoms in total. The molecule has 0 amide bonds. The average molecular weight is 305 g/mol. The van der Waals surface area contributed by atoms with Gasteiger partial charge in [0.25, 0.3) is 0 Å². The van der Waals surface area contributed by atoms with E-state index in [1.165, 1.54) is 6.07 Å². The summed E-state index contributed by atoms with van der Waals surface area (Å²) < 4.78 is 24.0. The minimum atomic E-state index is -0.895. The fourth-order valence-corrected chi connectivity index (χ4v) is 2.18. The van der Waals surface area contributed by atoms with Gasteiger partial charge in [-0.25, -0.2) is 4.39 Å². The molecule has 0 saturated carbocycles. The smallest absolute Gasteiger partial charge is 0.129 e. The third-order valence-electron chi connectivity index (χ3n) is 3.34. The van der Waals surface area contributed by atoms with Crippen LogP contribution >= 0.6 is 0 Å². The van der Waals surface area contributed by atoms with E-state index in [-0.39, 0.29) is 6.54 Å². The Labute approximate surface area is 129 Å². The molecule has 0 fully saturated rings. The van der Waals surface area contributed by atoms with Crippen LogP contribution in [0.2, 0.25) is 0 Å². The van der Waals surface area contributed by atoms with Crippen molar-refractivity contribution in [3.63, 3.8) is 0 Å². The van der Waals surface area contributed by atoms with E-state index >= 15 is 0 Å². The van der Waals surface area contributed by atoms with Crippen molar-refractivity contribution in [1.82, 2.24) is 5.32 Å². The number of ether oxygens (including phenoxy) is 2. The molecule has 0 saturated heterocycles. The highest BCUT2D eigenvalue weighted by Crippen LogP contribution is 2.22. The molecular formula is C17H20FNO3. The molecule has 0 aliphatic carbocycles. The van der Waals surface area contributed by atoms with Crippen molar-refractivity contribution in [3.8, 4) is 11.5 Å². The Balaban J connectivity index is 1.95. The summed E-state index contributed by atoms with van der Waals surface area (Å²) in [6.07, 6.45) is -0.895. The van der Waals surface area contributed by atoms with Gasteiger partial charge >= 0.3 is 0 Å². The first-order valence-electron chi connectivity index (χ1n) is 6.99. The predicted molar refractivity (Wildman–Crippen MR) is 82.6 cm³/mol. The summed E-state index contributed by atoms with van der Waals surface area (Å²) in [5.41, 5.74) is 1.25. The first kappa shape index (κ1) is 16.3. The molecule has 5 heteroatoms. The van der Waals surface area contributed by atoms with Crippen LogP contribution in [-0.2, 0) is 6.54 Å². The van der Waals surface area contributed by atoms with Crippen LogP contribution in [0.15, 0.2) is 42.5 Å². The Morgan fingerprint density at radius 2 is 1.73 bits per heavy atom. The average Bonchev–Trinajstić information content (AvgIpc) is 2.54. The van der Waals surface area contributed by atoms with Gasteiger partial charge in [-0.1, -0.05) is 18.2 Å². The van der Waals surface area contributed by atoms with Crippen LogP contribution in [0.3, 0.4) is 0 Å². The third kappa shape index (κ3) is 4.19. The highest BCUT2D eigenvalue weighted by atomic mass is 19.1. The monoisotopic (exact) mass is 305 g/mol. The molecule has 1 unspecified atom stereocenters. The van der Waals surface area contributed by atoms with E-state index in [0.717, 1.165) is 5.56 Å². The molecule has 0 aliphatic heterocycles. The molecule has 1 atom stereocenters. The number of hydrogen-bond acceptors (Lipinski definition) is 4. The van der Waals surface area contributed by atoms with Gasteiger partial charge < -0.3 is 19.9 Å². The highest BCUT2D eigenvalue weighted by Gasteiger charge is 2.11. The Kier molecular flexibility index (Phi) is 5.75. The second-order valence-electron chi connectivity index (χ2n) is 4.89. The van der Waals surface area contributed by atoms with Crippen molar-refractivity contribution in [2.75, 3.05) is 20.8 Å². The minimum absolute atomic E-state index is 0.250. The summed E-state index contributed by atoms with van der Waals surface area (Å²) in [4.78, 5) is 0. The molecule has 118 valence electrons. The molecule has 22 heavy (non-hydrogen) atoms. The highest BCUT2D eigenvalue weighted by molar-refractivity contribution is 5.38. The summed E-state index contributed by atoms with van der Waals surface area (Å²) >= 11 is 0. The molecule has 2 rings (SSSR count). The maximum absolute atomic E-state index is 13.6. The molecule has 0 heterocycles. The normalized spacial score (nSPS) is 12.0. The van der Waals surface area contributed by atoms with Crippen molar-refractivity contribution in [1.29, 1.82) is 0 Å². The van der Waals surface area contributed by atoms with E-state index in [4.69, 9.17) is 9.47 Å². The Hall–Kier alpha value is -2.11. The Bertz CT molecular complexity index is 596. The number of halogens is 1. The summed E-state index contributed by atoms with van der Waals surface area (Å²) in [5.74, 6) is 0.997. The van der Waals surface area contributed by atoms with Gasteiger partial charge in [-0.15, -0.1) is 0 Å². The van der Waals surface area contributed by atoms with Crippen LogP contribution in [0.1, 0.15) is 17.2 Å². The summed E-state index contributed by atoms with van der Waals surface area (Å²) in [6.45, 7) is 0.763. The summed E-state index contributed by atoms with van der Waals surface area (Å²) in [5, 5.41) is 13.1. The number of methoxy groups -OCH3 is 2. The van der Waals surface area contributed by atoms with Crippen LogP contribution in [0.4, 0.5) is 4.39 Å². The van der Waals surface area contributed by atoms with Crippen molar-refractivity contribution >= 4 is 0 Å². The molecule has 0 spiro atoms. The van der Waals surface area contributed by atoms with Gasteiger partial charge in [0.2, 0.25) is 0 Å². The number of nitrogens with one attached hydrogen (secondary N) is 1. The van der Waals surface area contributed by atoms with Crippen LogP contribution in [0.5, 0.6) is 11.5 Å². The molecular weight excluding hydrogens is 285 g/mol. The van der Waals surface area contributed by atoms with Gasteiger partial charge in [-0.2, -0.15) is 0 Å². The second kappa shape index (κ2) is 7.77. The lowest BCUT2D eigenvalue weighted by Crippen LogP contribution is -2.21. The van der Waals surface area contributed by atoms with E-state index in [2.05, 4.69) is 5.32 Å². The topological polar surface area (TPSA) is 50.7 Å². The van der Waals surface area contributed by atoms with Gasteiger partial charge in [-0.3, -0.25) is 0 Å². The zero-order chi connectivity index (χ0) is 15.9. The van der Waals surface area contributed by atoms with Gasteiger partial charge in [0.15, 0.2) is 0 Å². The van der Waals surface area contributed by atoms with Crippen molar-refractivity contribution < 1.29 is 19.0 Å². The van der Waals surface area contributed by atoms with Gasteiger partial charge in [-0.05, 0) is 23.8 Å². The number of aliphatic hydroxyl groups excluding tert-OH is 1. The van der Waals surface area contributed by atoms with E-state index < -0.39 is 11.9 Å². The van der Waals surface area contributed by atoms with Crippen LogP contribution in [0, 0.1) is 5.82 Å². The first-order valence-corrected chi connectivity index (χ1v) is 6.99. The quantitative estimate of drug-likeness (QED) is 0.826. The second-order valence-corrected chi connectivity index (χ2v) is 4.89. The van der Waals surface area contributed by atoms with E-state index in [9.17, 15) is 9.50 Å². The zero-order valence-corrected chi connectivity index (χ0v) is 12.7. The van der Waals surface area contributed by atoms with Crippen molar-refractivity contribution in [2.24, 2.45) is 0 Å². The molecule has 2 N–H and O–H groups in total. The van der Waals surface area contributed by atoms with Crippen LogP contribution in [-0.4, -0.2) is 25.9 Å². The predicted octanol–water partition coefficient (Wildman–Crippen LogP) is 2.67. The number of hydrogen-bond donors (Lipinski definition) is 2. The molecule has 0 radical (unpaired) electrons. The van der Waals surface area contributed by atoms with Crippen molar-refractivity contribution in [2.45, 2.75) is 12.6 Å². The van der Waals surface area contributed by atoms with Gasteiger partial charge in [0, 0.05) is 24.7 Å². The van der Waals surface area contributed by atoms with E-state index in [0.29, 0.717) is 23.6 Å². The fourth-order valence-electron chi connectivity index (χ4n) is 2.18. The number of rotatable bonds is 7. The van der Waals surface area contributed by atoms with E-state index in [1.54, 1.807) is 38.5 Å². The zero-order valence-electron chi connectivity index (χ0n) is 12.7. The maximum atomic E-state index is 13.6. The maximum Gasteiger partial charge on any atom is 0.129 e. The molecule has 0 aliphatic rings. The first-order chi connectivity index (χ1) is 10.6. The molecule has 2 aromatic carbocycles. The SMILES string of the molecule is COc1cc(CNCC(O)c2ccccc2F)cc(OC)c1. The molecule has 2 aromatic rings. The third-order valence-corrected chi connectivity index (χ3v) is 3.34. The van der Waals surface area contributed by atoms with E-state index in [1.807, 2.05) is 12.1 Å². The minimum Gasteiger partial charge on any atom is -0.497 e. The van der Waals surface area contributed by atoms with Crippen LogP contribution in [0.25, 0.3) is 0 Å².